The Labute approximate surface area is 83.8 Å². The smallest absolute Gasteiger partial charge is 0.391 e. The topological polar surface area (TPSA) is 23.5 Å². The van der Waals surface area contributed by atoms with Crippen LogP contribution in [0.25, 0.3) is 0 Å². The van der Waals surface area contributed by atoms with Crippen molar-refractivity contribution in [3.8, 4) is 0 Å². The number of hydrogen-bond acceptors (Lipinski definition) is 2. The second kappa shape index (κ2) is 5.82. The first-order valence-electron chi connectivity index (χ1n) is 3.92. The highest BCUT2D eigenvalue weighted by Crippen LogP contribution is 2.16. The third-order valence-electron chi connectivity index (χ3n) is 1.50. The summed E-state index contributed by atoms with van der Waals surface area (Å²) in [5.41, 5.74) is 0. The van der Waals surface area contributed by atoms with Gasteiger partial charge in [-0.3, -0.25) is 4.90 Å². The van der Waals surface area contributed by atoms with Crippen molar-refractivity contribution in [2.24, 2.45) is 0 Å². The summed E-state index contributed by atoms with van der Waals surface area (Å²) in [7, 11) is 0. The number of rotatable bonds is 5. The van der Waals surface area contributed by atoms with E-state index in [1.165, 1.54) is 0 Å². The summed E-state index contributed by atoms with van der Waals surface area (Å²) < 4.78 is 35.7. The molecule has 0 amide bonds. The Kier molecular flexibility index (Phi) is 5.91. The van der Waals surface area contributed by atoms with E-state index in [4.69, 9.17) is 5.11 Å². The van der Waals surface area contributed by atoms with Gasteiger partial charge < -0.3 is 5.11 Å². The maximum Gasteiger partial charge on any atom is 0.401 e. The highest BCUT2D eigenvalue weighted by atomic mass is 79.9. The number of aliphatic hydroxyl groups excluding tert-OH is 1. The van der Waals surface area contributed by atoms with Gasteiger partial charge in [0.25, 0.3) is 0 Å². The van der Waals surface area contributed by atoms with Gasteiger partial charge in [-0.1, -0.05) is 22.9 Å². The van der Waals surface area contributed by atoms with E-state index < -0.39 is 18.8 Å². The minimum Gasteiger partial charge on any atom is -0.391 e. The van der Waals surface area contributed by atoms with E-state index >= 15 is 0 Å². The van der Waals surface area contributed by atoms with Gasteiger partial charge in [-0.25, -0.2) is 0 Å². The molecule has 1 N–H and O–H groups in total. The zero-order valence-corrected chi connectivity index (χ0v) is 8.90. The fourth-order valence-electron chi connectivity index (χ4n) is 0.906. The Morgan fingerprint density at radius 2 is 2.00 bits per heavy atom. The van der Waals surface area contributed by atoms with Gasteiger partial charge in [0, 0.05) is 11.9 Å². The first-order chi connectivity index (χ1) is 5.89. The van der Waals surface area contributed by atoms with Crippen molar-refractivity contribution in [2.45, 2.75) is 19.2 Å². The minimum absolute atomic E-state index is 0.0429. The molecule has 0 aromatic carbocycles. The number of hydrogen-bond donors (Lipinski definition) is 1. The molecule has 0 spiro atoms. The van der Waals surface area contributed by atoms with Gasteiger partial charge in [-0.2, -0.15) is 13.2 Å². The van der Waals surface area contributed by atoms with Crippen LogP contribution in [0.4, 0.5) is 13.2 Å². The van der Waals surface area contributed by atoms with Gasteiger partial charge in [-0.05, 0) is 6.54 Å². The van der Waals surface area contributed by atoms with E-state index in [1.807, 2.05) is 0 Å². The molecule has 1 atom stereocenters. The molecule has 0 aliphatic heterocycles. The Morgan fingerprint density at radius 1 is 1.46 bits per heavy atom. The lowest BCUT2D eigenvalue weighted by molar-refractivity contribution is -0.147. The van der Waals surface area contributed by atoms with Crippen LogP contribution in [0, 0.1) is 0 Å². The Bertz CT molecular complexity index is 142. The number of alkyl halides is 4. The molecule has 1 unspecified atom stereocenters. The maximum absolute atomic E-state index is 11.9. The van der Waals surface area contributed by atoms with E-state index in [0.29, 0.717) is 5.33 Å². The van der Waals surface area contributed by atoms with Gasteiger partial charge in [0.15, 0.2) is 0 Å². The largest absolute Gasteiger partial charge is 0.401 e. The summed E-state index contributed by atoms with van der Waals surface area (Å²) in [6.07, 6.45) is -4.94. The Morgan fingerprint density at radius 3 is 2.31 bits per heavy atom. The molecule has 2 nitrogen and oxygen atoms in total. The van der Waals surface area contributed by atoms with Crippen molar-refractivity contribution in [1.29, 1.82) is 0 Å². The lowest BCUT2D eigenvalue weighted by Crippen LogP contribution is -2.39. The number of nitrogens with zero attached hydrogens (tertiary/aromatic N) is 1. The van der Waals surface area contributed by atoms with E-state index in [0.717, 1.165) is 4.90 Å². The summed E-state index contributed by atoms with van der Waals surface area (Å²) in [4.78, 5) is 1.16. The van der Waals surface area contributed by atoms with E-state index in [2.05, 4.69) is 15.9 Å². The average Bonchev–Trinajstić information content (AvgIpc) is 2.00. The number of likely N-dealkylation sites (N-methyl/N-ethyl adjacent to an activating group) is 1. The van der Waals surface area contributed by atoms with Crippen LogP contribution in [-0.4, -0.2) is 47.3 Å². The standard InChI is InChI=1S/C7H13BrF3NO/c1-2-12(4-6(13)3-8)5-7(9,10)11/h6,13H,2-5H2,1H3. The fraction of sp³-hybridized carbons (Fsp3) is 1.00. The molecule has 6 heteroatoms. The third kappa shape index (κ3) is 7.28. The summed E-state index contributed by atoms with van der Waals surface area (Å²) in [5.74, 6) is 0. The summed E-state index contributed by atoms with van der Waals surface area (Å²) in [6.45, 7) is 0.991. The first-order valence-corrected chi connectivity index (χ1v) is 5.04. The van der Waals surface area contributed by atoms with Crippen LogP contribution in [0.15, 0.2) is 0 Å². The van der Waals surface area contributed by atoms with Gasteiger partial charge >= 0.3 is 6.18 Å². The van der Waals surface area contributed by atoms with E-state index in [-0.39, 0.29) is 13.1 Å². The maximum atomic E-state index is 11.9. The predicted molar refractivity (Wildman–Crippen MR) is 48.0 cm³/mol. The van der Waals surface area contributed by atoms with E-state index in [9.17, 15) is 13.2 Å². The second-order valence-corrected chi connectivity index (χ2v) is 3.40. The number of halogens is 4. The van der Waals surface area contributed by atoms with Gasteiger partial charge in [0.2, 0.25) is 0 Å². The second-order valence-electron chi connectivity index (χ2n) is 2.75. The first kappa shape index (κ1) is 13.2. The molecule has 0 aromatic rings. The molecular formula is C7H13BrF3NO. The van der Waals surface area contributed by atoms with Crippen LogP contribution in [-0.2, 0) is 0 Å². The molecule has 0 saturated carbocycles. The van der Waals surface area contributed by atoms with Crippen LogP contribution in [0.1, 0.15) is 6.92 Å². The van der Waals surface area contributed by atoms with Crippen molar-refractivity contribution < 1.29 is 18.3 Å². The zero-order chi connectivity index (χ0) is 10.5. The van der Waals surface area contributed by atoms with Crippen molar-refractivity contribution in [2.75, 3.05) is 25.0 Å². The molecule has 0 aromatic heterocycles. The van der Waals surface area contributed by atoms with Crippen molar-refractivity contribution in [3.05, 3.63) is 0 Å². The van der Waals surface area contributed by atoms with Gasteiger partial charge in [0.05, 0.1) is 12.6 Å². The quantitative estimate of drug-likeness (QED) is 0.763. The third-order valence-corrected chi connectivity index (χ3v) is 2.24. The summed E-state index contributed by atoms with van der Waals surface area (Å²) in [6, 6.07) is 0. The van der Waals surface area contributed by atoms with Crippen LogP contribution in [0.3, 0.4) is 0 Å². The Hall–Kier alpha value is 0.190. The monoisotopic (exact) mass is 263 g/mol. The molecule has 0 rings (SSSR count). The van der Waals surface area contributed by atoms with Crippen molar-refractivity contribution in [1.82, 2.24) is 4.90 Å². The van der Waals surface area contributed by atoms with Gasteiger partial charge in [-0.15, -0.1) is 0 Å². The fourth-order valence-corrected chi connectivity index (χ4v) is 1.11. The molecule has 0 aliphatic rings. The van der Waals surface area contributed by atoms with Gasteiger partial charge in [0.1, 0.15) is 0 Å². The predicted octanol–water partition coefficient (Wildman–Crippen LogP) is 1.63. The lowest BCUT2D eigenvalue weighted by atomic mass is 10.3. The molecule has 0 radical (unpaired) electrons. The van der Waals surface area contributed by atoms with Crippen LogP contribution in [0.2, 0.25) is 0 Å². The highest BCUT2D eigenvalue weighted by molar-refractivity contribution is 9.09. The molecule has 13 heavy (non-hydrogen) atoms. The molecule has 0 aliphatic carbocycles. The summed E-state index contributed by atoms with van der Waals surface area (Å²) >= 11 is 2.99. The zero-order valence-electron chi connectivity index (χ0n) is 7.31. The number of aliphatic hydroxyl groups is 1. The molecular weight excluding hydrogens is 251 g/mol. The average molecular weight is 264 g/mol. The molecule has 0 fully saturated rings. The van der Waals surface area contributed by atoms with Crippen LogP contribution < -0.4 is 0 Å². The minimum atomic E-state index is -4.19. The Balaban J connectivity index is 3.89. The summed E-state index contributed by atoms with van der Waals surface area (Å²) in [5, 5.41) is 9.39. The van der Waals surface area contributed by atoms with Crippen LogP contribution >= 0.6 is 15.9 Å². The SMILES string of the molecule is CCN(CC(O)CBr)CC(F)(F)F. The lowest BCUT2D eigenvalue weighted by Gasteiger charge is -2.23. The highest BCUT2D eigenvalue weighted by Gasteiger charge is 2.30. The molecule has 0 heterocycles. The van der Waals surface area contributed by atoms with Crippen LogP contribution in [0.5, 0.6) is 0 Å². The van der Waals surface area contributed by atoms with E-state index in [1.54, 1.807) is 6.92 Å². The molecule has 0 saturated heterocycles. The van der Waals surface area contributed by atoms with Crippen molar-refractivity contribution in [3.63, 3.8) is 0 Å². The normalized spacial score (nSPS) is 15.0. The van der Waals surface area contributed by atoms with Crippen molar-refractivity contribution >= 4 is 15.9 Å². The molecule has 80 valence electrons. The molecule has 0 bridgehead atoms.